The SMILES string of the molecule is Fc1ccccc1OCCSc1nnc(Nc2ccc(Oc3ccccc3)cc2)s1. The second kappa shape index (κ2) is 10.1. The van der Waals surface area contributed by atoms with E-state index in [1.807, 2.05) is 54.6 Å². The van der Waals surface area contributed by atoms with Gasteiger partial charge in [-0.3, -0.25) is 0 Å². The van der Waals surface area contributed by atoms with Gasteiger partial charge in [0.2, 0.25) is 5.13 Å². The molecule has 0 saturated heterocycles. The Kier molecular flexibility index (Phi) is 6.79. The molecule has 0 spiro atoms. The topological polar surface area (TPSA) is 56.3 Å². The number of thioether (sulfide) groups is 1. The van der Waals surface area contributed by atoms with Crippen LogP contribution in [0.2, 0.25) is 0 Å². The van der Waals surface area contributed by atoms with Crippen LogP contribution in [0.5, 0.6) is 17.2 Å². The van der Waals surface area contributed by atoms with Crippen LogP contribution in [0.4, 0.5) is 15.2 Å². The Morgan fingerprint density at radius 1 is 0.867 bits per heavy atom. The largest absolute Gasteiger partial charge is 0.490 e. The van der Waals surface area contributed by atoms with Gasteiger partial charge in [0.1, 0.15) is 11.5 Å². The van der Waals surface area contributed by atoms with Gasteiger partial charge in [-0.25, -0.2) is 4.39 Å². The normalized spacial score (nSPS) is 10.6. The van der Waals surface area contributed by atoms with E-state index in [0.717, 1.165) is 21.5 Å². The van der Waals surface area contributed by atoms with E-state index < -0.39 is 0 Å². The minimum atomic E-state index is -0.356. The van der Waals surface area contributed by atoms with Crippen molar-refractivity contribution in [1.29, 1.82) is 0 Å². The number of nitrogens with one attached hydrogen (secondary N) is 1. The molecule has 8 heteroatoms. The lowest BCUT2D eigenvalue weighted by atomic mass is 10.3. The molecule has 0 aliphatic carbocycles. The number of aromatic nitrogens is 2. The molecule has 0 atom stereocenters. The number of nitrogens with zero attached hydrogens (tertiary/aromatic N) is 2. The van der Waals surface area contributed by atoms with Gasteiger partial charge >= 0.3 is 0 Å². The maximum absolute atomic E-state index is 13.5. The Morgan fingerprint density at radius 2 is 1.60 bits per heavy atom. The van der Waals surface area contributed by atoms with Crippen LogP contribution in [0.15, 0.2) is 83.2 Å². The molecule has 0 aliphatic rings. The maximum atomic E-state index is 13.5. The predicted octanol–water partition coefficient (Wildman–Crippen LogP) is 6.38. The lowest BCUT2D eigenvalue weighted by Gasteiger charge is -2.07. The number of benzene rings is 3. The zero-order chi connectivity index (χ0) is 20.6. The second-order valence-corrected chi connectivity index (χ2v) is 8.38. The minimum absolute atomic E-state index is 0.261. The molecule has 0 radical (unpaired) electrons. The number of hydrogen-bond donors (Lipinski definition) is 1. The lowest BCUT2D eigenvalue weighted by molar-refractivity contribution is 0.325. The highest BCUT2D eigenvalue weighted by molar-refractivity contribution is 8.01. The van der Waals surface area contributed by atoms with E-state index in [0.29, 0.717) is 17.5 Å². The fourth-order valence-corrected chi connectivity index (χ4v) is 4.18. The van der Waals surface area contributed by atoms with Crippen LogP contribution in [-0.4, -0.2) is 22.6 Å². The van der Waals surface area contributed by atoms with Crippen molar-refractivity contribution in [2.45, 2.75) is 4.34 Å². The quantitative estimate of drug-likeness (QED) is 0.241. The molecule has 0 bridgehead atoms. The Morgan fingerprint density at radius 3 is 2.40 bits per heavy atom. The zero-order valence-electron chi connectivity index (χ0n) is 15.8. The Hall–Kier alpha value is -3.10. The summed E-state index contributed by atoms with van der Waals surface area (Å²) in [6.07, 6.45) is 0. The third kappa shape index (κ3) is 5.71. The van der Waals surface area contributed by atoms with E-state index in [1.54, 1.807) is 18.2 Å². The molecule has 30 heavy (non-hydrogen) atoms. The monoisotopic (exact) mass is 439 g/mol. The molecule has 4 aromatic rings. The first kappa shape index (κ1) is 20.2. The minimum Gasteiger partial charge on any atom is -0.490 e. The van der Waals surface area contributed by atoms with Crippen molar-refractivity contribution in [2.75, 3.05) is 17.7 Å². The summed E-state index contributed by atoms with van der Waals surface area (Å²) in [4.78, 5) is 0. The lowest BCUT2D eigenvalue weighted by Crippen LogP contribution is -2.01. The van der Waals surface area contributed by atoms with Gasteiger partial charge in [0.25, 0.3) is 0 Å². The van der Waals surface area contributed by atoms with Gasteiger partial charge < -0.3 is 14.8 Å². The Bertz CT molecular complexity index is 1080. The van der Waals surface area contributed by atoms with Crippen molar-refractivity contribution in [3.8, 4) is 17.2 Å². The molecule has 4 rings (SSSR count). The van der Waals surface area contributed by atoms with E-state index in [1.165, 1.54) is 29.2 Å². The summed E-state index contributed by atoms with van der Waals surface area (Å²) in [5, 5.41) is 12.3. The first-order valence-electron chi connectivity index (χ1n) is 9.20. The summed E-state index contributed by atoms with van der Waals surface area (Å²) in [7, 11) is 0. The number of ether oxygens (including phenoxy) is 2. The third-order valence-corrected chi connectivity index (χ3v) is 5.83. The summed E-state index contributed by atoms with van der Waals surface area (Å²) in [6, 6.07) is 23.7. The van der Waals surface area contributed by atoms with Gasteiger partial charge in [0.15, 0.2) is 15.9 Å². The number of para-hydroxylation sites is 2. The maximum Gasteiger partial charge on any atom is 0.210 e. The number of halogens is 1. The van der Waals surface area contributed by atoms with Crippen LogP contribution in [0.3, 0.4) is 0 Å². The van der Waals surface area contributed by atoms with E-state index in [-0.39, 0.29) is 11.6 Å². The van der Waals surface area contributed by atoms with Gasteiger partial charge in [-0.1, -0.05) is 53.4 Å². The van der Waals surface area contributed by atoms with Gasteiger partial charge in [-0.2, -0.15) is 0 Å². The molecular weight excluding hydrogens is 421 g/mol. The smallest absolute Gasteiger partial charge is 0.210 e. The average Bonchev–Trinajstić information content (AvgIpc) is 3.22. The molecule has 152 valence electrons. The van der Waals surface area contributed by atoms with E-state index >= 15 is 0 Å². The van der Waals surface area contributed by atoms with Crippen molar-refractivity contribution < 1.29 is 13.9 Å². The first-order chi connectivity index (χ1) is 14.8. The van der Waals surface area contributed by atoms with Crippen molar-refractivity contribution in [1.82, 2.24) is 10.2 Å². The zero-order valence-corrected chi connectivity index (χ0v) is 17.5. The van der Waals surface area contributed by atoms with Crippen LogP contribution in [0.25, 0.3) is 0 Å². The number of rotatable bonds is 9. The summed E-state index contributed by atoms with van der Waals surface area (Å²) in [5.74, 6) is 2.11. The summed E-state index contributed by atoms with van der Waals surface area (Å²) >= 11 is 2.97. The second-order valence-electron chi connectivity index (χ2n) is 6.06. The van der Waals surface area contributed by atoms with E-state index in [9.17, 15) is 4.39 Å². The van der Waals surface area contributed by atoms with Crippen LogP contribution < -0.4 is 14.8 Å². The molecule has 3 aromatic carbocycles. The first-order valence-corrected chi connectivity index (χ1v) is 11.0. The van der Waals surface area contributed by atoms with Gasteiger partial charge in [0, 0.05) is 11.4 Å². The van der Waals surface area contributed by atoms with Crippen LogP contribution >= 0.6 is 23.1 Å². The van der Waals surface area contributed by atoms with Crippen LogP contribution in [-0.2, 0) is 0 Å². The molecular formula is C22H18FN3O2S2. The van der Waals surface area contributed by atoms with Crippen molar-refractivity contribution in [3.63, 3.8) is 0 Å². The summed E-state index contributed by atoms with van der Waals surface area (Å²) in [6.45, 7) is 0.386. The third-order valence-electron chi connectivity index (χ3n) is 3.89. The Labute approximate surface area is 181 Å². The predicted molar refractivity (Wildman–Crippen MR) is 119 cm³/mol. The van der Waals surface area contributed by atoms with E-state index in [4.69, 9.17) is 9.47 Å². The van der Waals surface area contributed by atoms with Gasteiger partial charge in [-0.05, 0) is 48.5 Å². The molecule has 1 N–H and O–H groups in total. The molecule has 0 saturated carbocycles. The van der Waals surface area contributed by atoms with Gasteiger partial charge in [0.05, 0.1) is 6.61 Å². The van der Waals surface area contributed by atoms with Crippen molar-refractivity contribution >= 4 is 33.9 Å². The fraction of sp³-hybridized carbons (Fsp3) is 0.0909. The van der Waals surface area contributed by atoms with Crippen molar-refractivity contribution in [3.05, 3.63) is 84.7 Å². The number of anilines is 2. The standard InChI is InChI=1S/C22H18FN3O2S2/c23-19-8-4-5-9-20(19)27-14-15-29-22-26-25-21(30-22)24-16-10-12-18(13-11-16)28-17-6-2-1-3-7-17/h1-13H,14-15H2,(H,24,25). The van der Waals surface area contributed by atoms with Crippen LogP contribution in [0, 0.1) is 5.82 Å². The highest BCUT2D eigenvalue weighted by Gasteiger charge is 2.07. The summed E-state index contributed by atoms with van der Waals surface area (Å²) < 4.78 is 25.6. The molecule has 5 nitrogen and oxygen atoms in total. The van der Waals surface area contributed by atoms with Crippen LogP contribution in [0.1, 0.15) is 0 Å². The Balaban J connectivity index is 1.24. The fourth-order valence-electron chi connectivity index (χ4n) is 2.52. The van der Waals surface area contributed by atoms with E-state index in [2.05, 4.69) is 15.5 Å². The molecule has 0 unspecified atom stereocenters. The molecule has 0 aliphatic heterocycles. The molecule has 1 heterocycles. The number of hydrogen-bond acceptors (Lipinski definition) is 7. The highest BCUT2D eigenvalue weighted by Crippen LogP contribution is 2.29. The average molecular weight is 440 g/mol. The molecule has 1 aromatic heterocycles. The molecule has 0 amide bonds. The van der Waals surface area contributed by atoms with Crippen molar-refractivity contribution in [2.24, 2.45) is 0 Å². The highest BCUT2D eigenvalue weighted by atomic mass is 32.2. The van der Waals surface area contributed by atoms with Gasteiger partial charge in [-0.15, -0.1) is 10.2 Å². The molecule has 0 fully saturated rings. The summed E-state index contributed by atoms with van der Waals surface area (Å²) in [5.41, 5.74) is 0.894.